The van der Waals surface area contributed by atoms with Crippen LogP contribution >= 0.6 is 23.8 Å². The molecule has 4 N–H and O–H groups in total. The summed E-state index contributed by atoms with van der Waals surface area (Å²) < 4.78 is 0. The molecular weight excluding hydrogens is 332 g/mol. The van der Waals surface area contributed by atoms with Crippen molar-refractivity contribution in [3.63, 3.8) is 0 Å². The molecule has 0 aliphatic rings. The van der Waals surface area contributed by atoms with Gasteiger partial charge in [-0.15, -0.1) is 0 Å². The molecule has 2 rings (SSSR count). The normalized spacial score (nSPS) is 11.8. The van der Waals surface area contributed by atoms with Gasteiger partial charge >= 0.3 is 0 Å². The minimum absolute atomic E-state index is 0.119. The number of benzene rings is 2. The summed E-state index contributed by atoms with van der Waals surface area (Å²) in [4.78, 5) is 0. The Balaban J connectivity index is 2.04. The molecular formula is C17H19ClN2O2S. The van der Waals surface area contributed by atoms with Gasteiger partial charge in [-0.3, -0.25) is 0 Å². The molecule has 0 bridgehead atoms. The number of aromatic hydroxyl groups is 1. The molecule has 2 aromatic rings. The summed E-state index contributed by atoms with van der Waals surface area (Å²) in [5, 5.41) is 26.2. The van der Waals surface area contributed by atoms with E-state index in [4.69, 9.17) is 23.8 Å². The fourth-order valence-corrected chi connectivity index (χ4v) is 2.59. The first-order valence-corrected chi connectivity index (χ1v) is 7.97. The lowest BCUT2D eigenvalue weighted by molar-refractivity contribution is 0.195. The summed E-state index contributed by atoms with van der Waals surface area (Å²) in [5.41, 5.74) is 3.30. The monoisotopic (exact) mass is 350 g/mol. The van der Waals surface area contributed by atoms with Crippen LogP contribution in [0.15, 0.2) is 36.4 Å². The van der Waals surface area contributed by atoms with Crippen molar-refractivity contribution in [1.82, 2.24) is 5.32 Å². The van der Waals surface area contributed by atoms with E-state index in [0.717, 1.165) is 5.56 Å². The number of phenols is 1. The molecule has 1 atom stereocenters. The minimum atomic E-state index is -0.831. The Kier molecular flexibility index (Phi) is 5.82. The van der Waals surface area contributed by atoms with Gasteiger partial charge in [-0.25, -0.2) is 0 Å². The molecule has 122 valence electrons. The largest absolute Gasteiger partial charge is 0.506 e. The van der Waals surface area contributed by atoms with Crippen molar-refractivity contribution >= 4 is 34.6 Å². The molecule has 23 heavy (non-hydrogen) atoms. The third-order valence-electron chi connectivity index (χ3n) is 3.50. The maximum Gasteiger partial charge on any atom is 0.171 e. The predicted molar refractivity (Wildman–Crippen MR) is 98.0 cm³/mol. The molecule has 0 aliphatic heterocycles. The molecule has 0 radical (unpaired) electrons. The first-order valence-electron chi connectivity index (χ1n) is 7.18. The van der Waals surface area contributed by atoms with Crippen LogP contribution < -0.4 is 10.6 Å². The second kappa shape index (κ2) is 7.64. The quantitative estimate of drug-likeness (QED) is 0.497. The van der Waals surface area contributed by atoms with E-state index >= 15 is 0 Å². The summed E-state index contributed by atoms with van der Waals surface area (Å²) in [6, 6.07) is 11.2. The van der Waals surface area contributed by atoms with Gasteiger partial charge in [0, 0.05) is 17.8 Å². The number of hydrogen-bond acceptors (Lipinski definition) is 3. The molecule has 1 unspecified atom stereocenters. The van der Waals surface area contributed by atoms with Crippen molar-refractivity contribution in [1.29, 1.82) is 0 Å². The molecule has 0 aliphatic carbocycles. The van der Waals surface area contributed by atoms with Gasteiger partial charge in [0.2, 0.25) is 0 Å². The summed E-state index contributed by atoms with van der Waals surface area (Å²) in [6.45, 7) is 4.21. The molecule has 0 aromatic heterocycles. The molecule has 2 aromatic carbocycles. The summed E-state index contributed by atoms with van der Waals surface area (Å²) in [5.74, 6) is -0.119. The fourth-order valence-electron chi connectivity index (χ4n) is 2.17. The first-order chi connectivity index (χ1) is 10.9. The second-order valence-electron chi connectivity index (χ2n) is 5.31. The van der Waals surface area contributed by atoms with E-state index in [1.807, 2.05) is 31.2 Å². The number of anilines is 1. The molecule has 0 saturated heterocycles. The summed E-state index contributed by atoms with van der Waals surface area (Å²) in [6.07, 6.45) is -0.831. The molecule has 6 heteroatoms. The number of halogens is 1. The van der Waals surface area contributed by atoms with Crippen LogP contribution in [0.4, 0.5) is 5.69 Å². The lowest BCUT2D eigenvalue weighted by Gasteiger charge is -2.15. The summed E-state index contributed by atoms with van der Waals surface area (Å²) in [7, 11) is 0. The third kappa shape index (κ3) is 4.58. The Hall–Kier alpha value is -1.82. The number of aryl methyl sites for hydroxylation is 1. The van der Waals surface area contributed by atoms with Crippen LogP contribution in [0.5, 0.6) is 5.75 Å². The Labute approximate surface area is 146 Å². The topological polar surface area (TPSA) is 64.5 Å². The van der Waals surface area contributed by atoms with Gasteiger partial charge in [0.15, 0.2) is 5.11 Å². The van der Waals surface area contributed by atoms with Crippen molar-refractivity contribution in [2.24, 2.45) is 0 Å². The van der Waals surface area contributed by atoms with E-state index in [2.05, 4.69) is 10.6 Å². The van der Waals surface area contributed by atoms with Crippen LogP contribution in [0.1, 0.15) is 29.7 Å². The van der Waals surface area contributed by atoms with Gasteiger partial charge in [0.05, 0.1) is 11.1 Å². The maximum atomic E-state index is 9.84. The van der Waals surface area contributed by atoms with E-state index in [0.29, 0.717) is 22.9 Å². The van der Waals surface area contributed by atoms with Crippen molar-refractivity contribution in [3.05, 3.63) is 58.1 Å². The van der Waals surface area contributed by atoms with Gasteiger partial charge in [-0.1, -0.05) is 35.9 Å². The van der Waals surface area contributed by atoms with Crippen LogP contribution in [-0.2, 0) is 6.54 Å². The summed E-state index contributed by atoms with van der Waals surface area (Å²) >= 11 is 11.2. The van der Waals surface area contributed by atoms with E-state index in [-0.39, 0.29) is 10.8 Å². The molecule has 0 fully saturated rings. The Morgan fingerprint density at radius 2 is 2.00 bits per heavy atom. The zero-order valence-electron chi connectivity index (χ0n) is 12.9. The number of rotatable bonds is 4. The first kappa shape index (κ1) is 17.5. The Bertz CT molecular complexity index is 720. The highest BCUT2D eigenvalue weighted by Crippen LogP contribution is 2.34. The third-order valence-corrected chi connectivity index (χ3v) is 4.04. The van der Waals surface area contributed by atoms with Crippen LogP contribution in [0, 0.1) is 6.92 Å². The maximum absolute atomic E-state index is 9.84. The van der Waals surface area contributed by atoms with Gasteiger partial charge in [0.1, 0.15) is 5.75 Å². The molecule has 0 heterocycles. The number of aliphatic hydroxyl groups is 1. The highest BCUT2D eigenvalue weighted by Gasteiger charge is 2.13. The Morgan fingerprint density at radius 3 is 2.65 bits per heavy atom. The SMILES string of the molecule is Cc1ccccc1CNC(=S)Nc1cc(Cl)c(O)c(C(C)O)c1. The minimum Gasteiger partial charge on any atom is -0.506 e. The lowest BCUT2D eigenvalue weighted by Crippen LogP contribution is -2.28. The average Bonchev–Trinajstić information content (AvgIpc) is 2.49. The van der Waals surface area contributed by atoms with Crippen LogP contribution in [0.3, 0.4) is 0 Å². The van der Waals surface area contributed by atoms with Crippen LogP contribution in [0.2, 0.25) is 5.02 Å². The average molecular weight is 351 g/mol. The van der Waals surface area contributed by atoms with Crippen molar-refractivity contribution in [2.75, 3.05) is 5.32 Å². The fraction of sp³-hybridized carbons (Fsp3) is 0.235. The second-order valence-corrected chi connectivity index (χ2v) is 6.12. The van der Waals surface area contributed by atoms with Crippen LogP contribution in [0.25, 0.3) is 0 Å². The standard InChI is InChI=1S/C17H19ClN2O2S/c1-10-5-3-4-6-12(10)9-19-17(23)20-13-7-14(11(2)21)16(22)15(18)8-13/h3-8,11,21-22H,9H2,1-2H3,(H2,19,20,23). The van der Waals surface area contributed by atoms with E-state index in [9.17, 15) is 10.2 Å². The molecule has 0 spiro atoms. The number of thiocarbonyl (C=S) groups is 1. The highest BCUT2D eigenvalue weighted by atomic mass is 35.5. The van der Waals surface area contributed by atoms with Crippen molar-refractivity contribution in [2.45, 2.75) is 26.5 Å². The number of aliphatic hydroxyl groups excluding tert-OH is 1. The van der Waals surface area contributed by atoms with Gasteiger partial charge in [-0.05, 0) is 49.3 Å². The molecule has 4 nitrogen and oxygen atoms in total. The lowest BCUT2D eigenvalue weighted by atomic mass is 10.1. The van der Waals surface area contributed by atoms with E-state index < -0.39 is 6.10 Å². The number of nitrogens with one attached hydrogen (secondary N) is 2. The smallest absolute Gasteiger partial charge is 0.171 e. The zero-order valence-corrected chi connectivity index (χ0v) is 14.5. The molecule has 0 amide bonds. The highest BCUT2D eigenvalue weighted by molar-refractivity contribution is 7.80. The zero-order chi connectivity index (χ0) is 17.0. The number of phenolic OH excluding ortho intramolecular Hbond substituents is 1. The Morgan fingerprint density at radius 1 is 1.30 bits per heavy atom. The van der Waals surface area contributed by atoms with Crippen molar-refractivity contribution < 1.29 is 10.2 Å². The van der Waals surface area contributed by atoms with Gasteiger partial charge in [-0.2, -0.15) is 0 Å². The van der Waals surface area contributed by atoms with Crippen LogP contribution in [-0.4, -0.2) is 15.3 Å². The van der Waals surface area contributed by atoms with Gasteiger partial charge < -0.3 is 20.8 Å². The number of hydrogen-bond donors (Lipinski definition) is 4. The van der Waals surface area contributed by atoms with Crippen molar-refractivity contribution in [3.8, 4) is 5.75 Å². The van der Waals surface area contributed by atoms with E-state index in [1.54, 1.807) is 19.1 Å². The molecule has 0 saturated carbocycles. The predicted octanol–water partition coefficient (Wildman–Crippen LogP) is 3.89. The van der Waals surface area contributed by atoms with Gasteiger partial charge in [0.25, 0.3) is 0 Å². The van der Waals surface area contributed by atoms with E-state index in [1.165, 1.54) is 5.56 Å².